The lowest BCUT2D eigenvalue weighted by Gasteiger charge is -2.20. The SMILES string of the molecule is O=C(Nc1ccc(N(S)C(=O)Nc2ccc(OCC(F)(F)F)cc2OCC(F)(F)F)cc1)c1ccccc1F. The molecule has 0 saturated heterocycles. The van der Waals surface area contributed by atoms with E-state index in [0.717, 1.165) is 28.6 Å². The van der Waals surface area contributed by atoms with Gasteiger partial charge in [-0.2, -0.15) is 26.3 Å². The first-order valence-corrected chi connectivity index (χ1v) is 11.1. The number of halogens is 7. The maximum atomic E-state index is 13.8. The van der Waals surface area contributed by atoms with E-state index in [1.165, 1.54) is 42.5 Å². The van der Waals surface area contributed by atoms with Gasteiger partial charge < -0.3 is 20.1 Å². The topological polar surface area (TPSA) is 79.9 Å². The van der Waals surface area contributed by atoms with Crippen LogP contribution in [0.3, 0.4) is 0 Å². The highest BCUT2D eigenvalue weighted by Crippen LogP contribution is 2.33. The van der Waals surface area contributed by atoms with Crippen LogP contribution in [0.5, 0.6) is 11.5 Å². The van der Waals surface area contributed by atoms with E-state index >= 15 is 0 Å². The zero-order valence-corrected chi connectivity index (χ0v) is 20.3. The Morgan fingerprint density at radius 1 is 0.821 bits per heavy atom. The Kier molecular flexibility index (Phi) is 9.16. The second-order valence-electron chi connectivity index (χ2n) is 7.69. The van der Waals surface area contributed by atoms with Gasteiger partial charge in [-0.15, -0.1) is 0 Å². The normalized spacial score (nSPS) is 11.5. The standard InChI is InChI=1S/C24H18F7N3O4S/c25-18-4-2-1-3-17(18)21(35)32-14-5-7-15(8-6-14)34(39)22(36)33-19-10-9-16(37-12-23(26,27)28)11-20(19)38-13-24(29,30)31/h1-11,39H,12-13H2,(H,32,35)(H,33,36). The molecule has 3 aromatic rings. The predicted octanol–water partition coefficient (Wildman–Crippen LogP) is 6.84. The molecule has 3 rings (SSSR count). The highest BCUT2D eigenvalue weighted by atomic mass is 32.1. The summed E-state index contributed by atoms with van der Waals surface area (Å²) in [6, 6.07) is 12.6. The zero-order chi connectivity index (χ0) is 28.8. The summed E-state index contributed by atoms with van der Waals surface area (Å²) in [5, 5.41) is 4.73. The average Bonchev–Trinajstić information content (AvgIpc) is 2.86. The largest absolute Gasteiger partial charge is 0.484 e. The summed E-state index contributed by atoms with van der Waals surface area (Å²) < 4.78 is 98.9. The summed E-state index contributed by atoms with van der Waals surface area (Å²) in [5.74, 6) is -2.48. The van der Waals surface area contributed by atoms with Crippen LogP contribution in [0.2, 0.25) is 0 Å². The molecule has 7 nitrogen and oxygen atoms in total. The van der Waals surface area contributed by atoms with Crippen LogP contribution in [0.25, 0.3) is 0 Å². The minimum atomic E-state index is -4.77. The van der Waals surface area contributed by atoms with Crippen molar-refractivity contribution in [1.82, 2.24) is 0 Å². The lowest BCUT2D eigenvalue weighted by molar-refractivity contribution is -0.153. The Morgan fingerprint density at radius 2 is 1.44 bits per heavy atom. The van der Waals surface area contributed by atoms with Gasteiger partial charge in [0.1, 0.15) is 17.3 Å². The van der Waals surface area contributed by atoms with Gasteiger partial charge >= 0.3 is 18.4 Å². The molecule has 2 N–H and O–H groups in total. The molecule has 0 unspecified atom stereocenters. The van der Waals surface area contributed by atoms with E-state index in [1.54, 1.807) is 0 Å². The van der Waals surface area contributed by atoms with E-state index in [9.17, 15) is 40.3 Å². The third kappa shape index (κ3) is 8.98. The summed E-state index contributed by atoms with van der Waals surface area (Å²) in [6.07, 6.45) is -9.47. The highest BCUT2D eigenvalue weighted by molar-refractivity contribution is 7.82. The van der Waals surface area contributed by atoms with Crippen molar-refractivity contribution in [2.45, 2.75) is 12.4 Å². The molecule has 0 aliphatic rings. The molecule has 0 atom stereocenters. The van der Waals surface area contributed by atoms with Crippen LogP contribution in [0.1, 0.15) is 10.4 Å². The fourth-order valence-corrected chi connectivity index (χ4v) is 3.14. The monoisotopic (exact) mass is 577 g/mol. The van der Waals surface area contributed by atoms with Crippen LogP contribution in [0, 0.1) is 5.82 Å². The van der Waals surface area contributed by atoms with E-state index in [1.807, 2.05) is 0 Å². The van der Waals surface area contributed by atoms with Crippen molar-refractivity contribution in [2.75, 3.05) is 28.2 Å². The maximum absolute atomic E-state index is 13.8. The molecule has 15 heteroatoms. The molecule has 39 heavy (non-hydrogen) atoms. The van der Waals surface area contributed by atoms with E-state index in [4.69, 9.17) is 0 Å². The first-order valence-electron chi connectivity index (χ1n) is 10.7. The Morgan fingerprint density at radius 3 is 2.05 bits per heavy atom. The van der Waals surface area contributed by atoms with Crippen molar-refractivity contribution in [3.05, 3.63) is 78.1 Å². The van der Waals surface area contributed by atoms with Crippen LogP contribution in [0.15, 0.2) is 66.7 Å². The van der Waals surface area contributed by atoms with Crippen molar-refractivity contribution >= 4 is 41.8 Å². The van der Waals surface area contributed by atoms with Gasteiger partial charge in [0.05, 0.1) is 16.9 Å². The van der Waals surface area contributed by atoms with Gasteiger partial charge in [-0.3, -0.25) is 4.79 Å². The molecule has 3 aromatic carbocycles. The number of hydrogen-bond acceptors (Lipinski definition) is 5. The van der Waals surface area contributed by atoms with Crippen molar-refractivity contribution in [3.63, 3.8) is 0 Å². The van der Waals surface area contributed by atoms with E-state index < -0.39 is 54.8 Å². The molecule has 0 saturated carbocycles. The average molecular weight is 577 g/mol. The van der Waals surface area contributed by atoms with E-state index in [2.05, 4.69) is 32.9 Å². The summed E-state index contributed by atoms with van der Waals surface area (Å²) in [5.41, 5.74) is -0.0828. The summed E-state index contributed by atoms with van der Waals surface area (Å²) in [4.78, 5) is 24.9. The first kappa shape index (κ1) is 29.4. The molecule has 0 spiro atoms. The highest BCUT2D eigenvalue weighted by Gasteiger charge is 2.30. The van der Waals surface area contributed by atoms with E-state index in [0.29, 0.717) is 0 Å². The molecule has 0 bridgehead atoms. The number of thiol groups is 1. The molecular formula is C24H18F7N3O4S. The molecule has 0 aliphatic carbocycles. The van der Waals surface area contributed by atoms with Crippen molar-refractivity contribution < 1.29 is 49.8 Å². The quantitative estimate of drug-likeness (QED) is 0.202. The van der Waals surface area contributed by atoms with Gasteiger partial charge in [-0.25, -0.2) is 13.5 Å². The Bertz CT molecular complexity index is 1320. The van der Waals surface area contributed by atoms with Crippen molar-refractivity contribution in [3.8, 4) is 11.5 Å². The number of benzene rings is 3. The van der Waals surface area contributed by atoms with Crippen LogP contribution >= 0.6 is 12.8 Å². The van der Waals surface area contributed by atoms with E-state index in [-0.39, 0.29) is 22.6 Å². The fraction of sp³-hybridized carbons (Fsp3) is 0.167. The zero-order valence-electron chi connectivity index (χ0n) is 19.4. The minimum absolute atomic E-state index is 0.155. The maximum Gasteiger partial charge on any atom is 0.422 e. The van der Waals surface area contributed by atoms with Crippen molar-refractivity contribution in [2.24, 2.45) is 0 Å². The second-order valence-corrected chi connectivity index (χ2v) is 8.09. The van der Waals surface area contributed by atoms with Crippen molar-refractivity contribution in [1.29, 1.82) is 0 Å². The number of urea groups is 1. The molecular weight excluding hydrogens is 559 g/mol. The van der Waals surface area contributed by atoms with Gasteiger partial charge in [0.15, 0.2) is 13.2 Å². The number of rotatable bonds is 8. The Balaban J connectivity index is 1.71. The molecule has 208 valence electrons. The molecule has 0 radical (unpaired) electrons. The summed E-state index contributed by atoms with van der Waals surface area (Å²) in [6.45, 7) is -3.48. The van der Waals surface area contributed by atoms with Gasteiger partial charge in [0.25, 0.3) is 5.91 Å². The molecule has 3 amide bonds. The lowest BCUT2D eigenvalue weighted by atomic mass is 10.2. The number of ether oxygens (including phenoxy) is 2. The lowest BCUT2D eigenvalue weighted by Crippen LogP contribution is -2.27. The number of carbonyl (C=O) groups excluding carboxylic acids is 2. The number of amides is 3. The first-order chi connectivity index (χ1) is 18.2. The van der Waals surface area contributed by atoms with Crippen LogP contribution in [0.4, 0.5) is 52.6 Å². The second kappa shape index (κ2) is 12.1. The predicted molar refractivity (Wildman–Crippen MR) is 131 cm³/mol. The molecule has 0 aliphatic heterocycles. The van der Waals surface area contributed by atoms with Gasteiger partial charge in [-0.1, -0.05) is 24.9 Å². The number of anilines is 3. The third-order valence-corrected chi connectivity index (χ3v) is 5.08. The fourth-order valence-electron chi connectivity index (χ4n) is 2.96. The van der Waals surface area contributed by atoms with Crippen LogP contribution in [-0.4, -0.2) is 37.5 Å². The van der Waals surface area contributed by atoms with Crippen LogP contribution in [-0.2, 0) is 0 Å². The number of carbonyl (C=O) groups is 2. The number of hydrogen-bond donors (Lipinski definition) is 3. The van der Waals surface area contributed by atoms with Gasteiger partial charge in [0.2, 0.25) is 0 Å². The molecule has 0 heterocycles. The van der Waals surface area contributed by atoms with Gasteiger partial charge in [-0.05, 0) is 48.5 Å². The Labute approximate surface area is 222 Å². The number of alkyl halides is 6. The molecule has 0 fully saturated rings. The third-order valence-electron chi connectivity index (χ3n) is 4.67. The summed E-state index contributed by atoms with van der Waals surface area (Å²) >= 11 is 4.05. The minimum Gasteiger partial charge on any atom is -0.484 e. The summed E-state index contributed by atoms with van der Waals surface area (Å²) in [7, 11) is 0. The Hall–Kier alpha value is -4.14. The smallest absolute Gasteiger partial charge is 0.422 e. The molecule has 0 aromatic heterocycles. The number of nitrogens with one attached hydrogen (secondary N) is 2. The van der Waals surface area contributed by atoms with Gasteiger partial charge in [0, 0.05) is 11.8 Å². The number of nitrogens with zero attached hydrogens (tertiary/aromatic N) is 1. The van der Waals surface area contributed by atoms with Crippen LogP contribution < -0.4 is 24.4 Å².